The number of nitrogens with zero attached hydrogens (tertiary/aromatic N) is 5. The van der Waals surface area contributed by atoms with Crippen molar-refractivity contribution >= 4 is 51.2 Å². The highest BCUT2D eigenvalue weighted by atomic mass is 127. The number of carboxylic acid groups (broad SMARTS) is 1. The van der Waals surface area contributed by atoms with E-state index >= 15 is 0 Å². The lowest BCUT2D eigenvalue weighted by Crippen LogP contribution is -2.45. The van der Waals surface area contributed by atoms with Gasteiger partial charge in [0.1, 0.15) is 24.1 Å². The van der Waals surface area contributed by atoms with Gasteiger partial charge in [-0.2, -0.15) is 5.10 Å². The van der Waals surface area contributed by atoms with Gasteiger partial charge in [0.2, 0.25) is 5.91 Å². The number of likely N-dealkylation sites (tertiary alicyclic amines) is 1. The summed E-state index contributed by atoms with van der Waals surface area (Å²) in [4.78, 5) is 47.3. The van der Waals surface area contributed by atoms with Gasteiger partial charge in [-0.3, -0.25) is 14.3 Å². The van der Waals surface area contributed by atoms with Crippen LogP contribution in [0.4, 0.5) is 0 Å². The molecule has 4 rings (SSSR count). The number of rotatable bonds is 5. The molecule has 0 unspecified atom stereocenters. The Kier molecular flexibility index (Phi) is 6.21. The summed E-state index contributed by atoms with van der Waals surface area (Å²) in [5.41, 5.74) is 3.44. The van der Waals surface area contributed by atoms with Crippen molar-refractivity contribution in [2.75, 3.05) is 0 Å². The van der Waals surface area contributed by atoms with Crippen molar-refractivity contribution in [2.24, 2.45) is 5.92 Å². The number of benzene rings is 1. The average molecular weight is 561 g/mol. The summed E-state index contributed by atoms with van der Waals surface area (Å²) in [5.74, 6) is -0.824. The van der Waals surface area contributed by atoms with Crippen LogP contribution in [0.15, 0.2) is 24.5 Å². The first-order valence-corrected chi connectivity index (χ1v) is 11.8. The molecule has 3 heterocycles. The molecule has 1 fully saturated rings. The Labute approximate surface area is 204 Å². The number of carboxylic acids is 1. The van der Waals surface area contributed by atoms with E-state index in [4.69, 9.17) is 0 Å². The lowest BCUT2D eigenvalue weighted by atomic mass is 10.0. The van der Waals surface area contributed by atoms with Crippen LogP contribution < -0.4 is 0 Å². The molecule has 0 aliphatic carbocycles. The Balaban J connectivity index is 1.77. The van der Waals surface area contributed by atoms with Crippen LogP contribution >= 0.6 is 22.6 Å². The summed E-state index contributed by atoms with van der Waals surface area (Å²) in [6.07, 6.45) is 3.87. The lowest BCUT2D eigenvalue weighted by Gasteiger charge is -2.26. The van der Waals surface area contributed by atoms with Crippen LogP contribution in [0.3, 0.4) is 0 Å². The topological polar surface area (TPSA) is 118 Å². The number of amides is 1. The second kappa shape index (κ2) is 8.81. The molecule has 9 nitrogen and oxygen atoms in total. The summed E-state index contributed by atoms with van der Waals surface area (Å²) >= 11 is 2.13. The molecule has 0 bridgehead atoms. The van der Waals surface area contributed by atoms with E-state index in [1.807, 2.05) is 32.9 Å². The maximum atomic E-state index is 13.2. The van der Waals surface area contributed by atoms with Crippen molar-refractivity contribution < 1.29 is 19.5 Å². The SMILES string of the molecule is CC(=O)c1nn(CC(=O)N2[C@H](I)[C@@H](C)C[C@H]2C(=O)O)c2c(C)cc(-c3cnc(C)nc3)cc12. The number of aliphatic carboxylic acids is 1. The number of aromatic nitrogens is 4. The molecule has 0 radical (unpaired) electrons. The van der Waals surface area contributed by atoms with E-state index < -0.39 is 12.0 Å². The molecule has 1 aromatic carbocycles. The number of alkyl halides is 1. The molecular formula is C23H24IN5O4. The first-order valence-electron chi connectivity index (χ1n) is 10.6. The Morgan fingerprint density at radius 3 is 2.42 bits per heavy atom. The highest BCUT2D eigenvalue weighted by Gasteiger charge is 2.44. The third kappa shape index (κ3) is 4.23. The second-order valence-electron chi connectivity index (χ2n) is 8.51. The van der Waals surface area contributed by atoms with Gasteiger partial charge < -0.3 is 10.0 Å². The first kappa shape index (κ1) is 23.3. The zero-order valence-electron chi connectivity index (χ0n) is 18.7. The van der Waals surface area contributed by atoms with Gasteiger partial charge in [0.25, 0.3) is 0 Å². The predicted octanol–water partition coefficient (Wildman–Crippen LogP) is 3.40. The quantitative estimate of drug-likeness (QED) is 0.220. The standard InChI is InChI=1S/C23H24IN5O4/c1-11-5-15(16-8-25-14(4)26-9-16)7-17-20(13(3)30)27-28(21(11)17)10-19(31)29-18(23(32)33)6-12(2)22(29)24/h5,7-9,12,18,22H,6,10H2,1-4H3,(H,32,33)/t12-,18-,22-/m0/s1. The third-order valence-electron chi connectivity index (χ3n) is 6.01. The van der Waals surface area contributed by atoms with Gasteiger partial charge in [0, 0.05) is 30.3 Å². The smallest absolute Gasteiger partial charge is 0.326 e. The third-order valence-corrected chi connectivity index (χ3v) is 7.83. The number of aryl methyl sites for hydroxylation is 2. The van der Waals surface area contributed by atoms with Crippen LogP contribution in [0.1, 0.15) is 42.1 Å². The lowest BCUT2D eigenvalue weighted by molar-refractivity contribution is -0.148. The van der Waals surface area contributed by atoms with Crippen molar-refractivity contribution in [3.05, 3.63) is 41.6 Å². The highest BCUT2D eigenvalue weighted by Crippen LogP contribution is 2.35. The Hall–Kier alpha value is -2.89. The van der Waals surface area contributed by atoms with E-state index in [0.29, 0.717) is 23.1 Å². The first-order chi connectivity index (χ1) is 15.6. The molecule has 1 saturated heterocycles. The van der Waals surface area contributed by atoms with Crippen molar-refractivity contribution in [2.45, 2.75) is 50.8 Å². The summed E-state index contributed by atoms with van der Waals surface area (Å²) < 4.78 is 1.30. The molecule has 3 aromatic rings. The minimum Gasteiger partial charge on any atom is -0.480 e. The number of carbonyl (C=O) groups is 3. The molecule has 0 saturated carbocycles. The number of carbonyl (C=O) groups excluding carboxylic acids is 2. The molecule has 1 N–H and O–H groups in total. The second-order valence-corrected chi connectivity index (χ2v) is 9.79. The predicted molar refractivity (Wildman–Crippen MR) is 130 cm³/mol. The monoisotopic (exact) mass is 561 g/mol. The molecule has 1 aliphatic rings. The van der Waals surface area contributed by atoms with Crippen molar-refractivity contribution in [1.82, 2.24) is 24.6 Å². The maximum absolute atomic E-state index is 13.2. The van der Waals surface area contributed by atoms with Crippen LogP contribution in [-0.2, 0) is 16.1 Å². The number of halogens is 1. The molecule has 33 heavy (non-hydrogen) atoms. The molecule has 1 amide bonds. The fourth-order valence-corrected chi connectivity index (χ4v) is 5.37. The largest absolute Gasteiger partial charge is 0.480 e. The molecule has 172 valence electrons. The summed E-state index contributed by atoms with van der Waals surface area (Å²) in [6.45, 7) is 6.94. The van der Waals surface area contributed by atoms with E-state index in [-0.39, 0.29) is 33.9 Å². The highest BCUT2D eigenvalue weighted by molar-refractivity contribution is 14.1. The molecule has 3 atom stereocenters. The van der Waals surface area contributed by atoms with Crippen LogP contribution in [0.2, 0.25) is 0 Å². The molecular weight excluding hydrogens is 537 g/mol. The van der Waals surface area contributed by atoms with Gasteiger partial charge in [-0.25, -0.2) is 14.8 Å². The summed E-state index contributed by atoms with van der Waals surface area (Å²) in [6, 6.07) is 2.94. The minimum atomic E-state index is -1.01. The fraction of sp³-hybridized carbons (Fsp3) is 0.391. The molecule has 1 aliphatic heterocycles. The van der Waals surface area contributed by atoms with E-state index in [2.05, 4.69) is 37.7 Å². The van der Waals surface area contributed by atoms with Gasteiger partial charge >= 0.3 is 5.97 Å². The van der Waals surface area contributed by atoms with E-state index in [1.165, 1.54) is 16.5 Å². The number of hydrogen-bond donors (Lipinski definition) is 1. The Bertz CT molecular complexity index is 1270. The number of Topliss-reactive ketones (excluding diaryl/α,β-unsaturated/α-hetero) is 1. The van der Waals surface area contributed by atoms with Gasteiger partial charge in [-0.1, -0.05) is 29.5 Å². The number of hydrogen-bond acceptors (Lipinski definition) is 6. The zero-order valence-corrected chi connectivity index (χ0v) is 20.9. The zero-order chi connectivity index (χ0) is 24.0. The van der Waals surface area contributed by atoms with Gasteiger partial charge in [0.05, 0.1) is 9.57 Å². The number of ketones is 1. The van der Waals surface area contributed by atoms with Crippen molar-refractivity contribution in [3.63, 3.8) is 0 Å². The summed E-state index contributed by atoms with van der Waals surface area (Å²) in [5, 5.41) is 14.7. The fourth-order valence-electron chi connectivity index (χ4n) is 4.38. The Morgan fingerprint density at radius 2 is 1.82 bits per heavy atom. The van der Waals surface area contributed by atoms with Crippen LogP contribution in [-0.4, -0.2) is 57.5 Å². The van der Waals surface area contributed by atoms with E-state index in [0.717, 1.165) is 16.7 Å². The Morgan fingerprint density at radius 1 is 1.15 bits per heavy atom. The van der Waals surface area contributed by atoms with E-state index in [9.17, 15) is 19.5 Å². The normalized spacial score (nSPS) is 20.4. The van der Waals surface area contributed by atoms with E-state index in [1.54, 1.807) is 12.4 Å². The van der Waals surface area contributed by atoms with Crippen molar-refractivity contribution in [3.8, 4) is 11.1 Å². The summed E-state index contributed by atoms with van der Waals surface area (Å²) in [7, 11) is 0. The van der Waals surface area contributed by atoms with Gasteiger partial charge in [0.15, 0.2) is 5.78 Å². The van der Waals surface area contributed by atoms with Crippen molar-refractivity contribution in [1.29, 1.82) is 0 Å². The van der Waals surface area contributed by atoms with Crippen LogP contribution in [0.5, 0.6) is 0 Å². The molecule has 2 aromatic heterocycles. The van der Waals surface area contributed by atoms with Gasteiger partial charge in [-0.05, 0) is 49.4 Å². The van der Waals surface area contributed by atoms with Crippen LogP contribution in [0.25, 0.3) is 22.0 Å². The average Bonchev–Trinajstić information content (AvgIpc) is 3.26. The molecule has 10 heteroatoms. The van der Waals surface area contributed by atoms with Crippen LogP contribution in [0, 0.1) is 19.8 Å². The minimum absolute atomic E-state index is 0.0684. The van der Waals surface area contributed by atoms with Gasteiger partial charge in [-0.15, -0.1) is 0 Å². The molecule has 0 spiro atoms. The number of fused-ring (bicyclic) bond motifs is 1. The maximum Gasteiger partial charge on any atom is 0.326 e.